The van der Waals surface area contributed by atoms with Crippen molar-refractivity contribution in [3.05, 3.63) is 0 Å². The van der Waals surface area contributed by atoms with Crippen molar-refractivity contribution in [3.63, 3.8) is 0 Å². The maximum Gasteiger partial charge on any atom is 0.214 e. The molecule has 0 rings (SSSR count). The van der Waals surface area contributed by atoms with Gasteiger partial charge in [0.2, 0.25) is 10.0 Å². The van der Waals surface area contributed by atoms with E-state index in [0.717, 1.165) is 0 Å². The molecule has 0 bridgehead atoms. The third-order valence-corrected chi connectivity index (χ3v) is 3.56. The highest BCUT2D eigenvalue weighted by molar-refractivity contribution is 7.90. The maximum atomic E-state index is 11.3. The normalized spacial score (nSPS) is 15.1. The summed E-state index contributed by atoms with van der Waals surface area (Å²) in [5, 5.41) is -0.377. The van der Waals surface area contributed by atoms with Crippen LogP contribution in [0.15, 0.2) is 0 Å². The second-order valence-electron chi connectivity index (χ2n) is 3.19. The van der Waals surface area contributed by atoms with Crippen molar-refractivity contribution < 1.29 is 8.42 Å². The highest BCUT2D eigenvalue weighted by atomic mass is 32.2. The van der Waals surface area contributed by atoms with Crippen LogP contribution >= 0.6 is 0 Å². The van der Waals surface area contributed by atoms with Gasteiger partial charge in [0.15, 0.2) is 0 Å². The van der Waals surface area contributed by atoms with E-state index >= 15 is 0 Å². The molecule has 0 radical (unpaired) electrons. The zero-order valence-electron chi connectivity index (χ0n) is 7.87. The van der Waals surface area contributed by atoms with E-state index in [9.17, 15) is 8.42 Å². The van der Waals surface area contributed by atoms with Crippen molar-refractivity contribution in [2.45, 2.75) is 38.5 Å². The van der Waals surface area contributed by atoms with Crippen LogP contribution in [-0.2, 0) is 10.0 Å². The van der Waals surface area contributed by atoms with Crippen LogP contribution in [0.2, 0.25) is 0 Å². The summed E-state index contributed by atoms with van der Waals surface area (Å²) in [6, 6.07) is -0.0672. The highest BCUT2D eigenvalue weighted by Gasteiger charge is 2.17. The highest BCUT2D eigenvalue weighted by Crippen LogP contribution is 1.99. The molecule has 0 heterocycles. The summed E-state index contributed by atoms with van der Waals surface area (Å²) in [6.45, 7) is 5.61. The Labute approximate surface area is 74.6 Å². The molecule has 74 valence electrons. The van der Waals surface area contributed by atoms with Gasteiger partial charge in [0, 0.05) is 6.04 Å². The largest absolute Gasteiger partial charge is 0.330 e. The fourth-order valence-electron chi connectivity index (χ4n) is 0.725. The van der Waals surface area contributed by atoms with E-state index in [1.165, 1.54) is 0 Å². The van der Waals surface area contributed by atoms with Gasteiger partial charge < -0.3 is 5.73 Å². The first-order chi connectivity index (χ1) is 5.40. The second-order valence-corrected chi connectivity index (χ2v) is 5.46. The Morgan fingerprint density at radius 1 is 1.33 bits per heavy atom. The molecule has 5 heteroatoms. The molecular weight excluding hydrogens is 176 g/mol. The van der Waals surface area contributed by atoms with Crippen molar-refractivity contribution in [2.24, 2.45) is 5.73 Å². The van der Waals surface area contributed by atoms with Crippen LogP contribution < -0.4 is 10.5 Å². The first-order valence-corrected chi connectivity index (χ1v) is 5.66. The predicted octanol–water partition coefficient (Wildman–Crippen LogP) is 0.0515. The Hall–Kier alpha value is -0.130. The lowest BCUT2D eigenvalue weighted by Crippen LogP contribution is -2.38. The lowest BCUT2D eigenvalue weighted by atomic mass is 10.3. The molecule has 0 aliphatic heterocycles. The van der Waals surface area contributed by atoms with E-state index in [1.54, 1.807) is 13.8 Å². The van der Waals surface area contributed by atoms with Crippen molar-refractivity contribution in [2.75, 3.05) is 6.54 Å². The Morgan fingerprint density at radius 3 is 2.17 bits per heavy atom. The second kappa shape index (κ2) is 4.79. The molecule has 1 atom stereocenters. The van der Waals surface area contributed by atoms with Crippen LogP contribution in [0.5, 0.6) is 0 Å². The van der Waals surface area contributed by atoms with E-state index in [-0.39, 0.29) is 11.3 Å². The van der Waals surface area contributed by atoms with E-state index in [1.807, 2.05) is 6.92 Å². The van der Waals surface area contributed by atoms with Crippen LogP contribution in [0.25, 0.3) is 0 Å². The van der Waals surface area contributed by atoms with E-state index in [2.05, 4.69) is 4.72 Å². The minimum absolute atomic E-state index is 0.0672. The van der Waals surface area contributed by atoms with Gasteiger partial charge in [-0.1, -0.05) is 0 Å². The Morgan fingerprint density at radius 2 is 1.83 bits per heavy atom. The van der Waals surface area contributed by atoms with Crippen molar-refractivity contribution in [3.8, 4) is 0 Å². The van der Waals surface area contributed by atoms with Gasteiger partial charge in [0.05, 0.1) is 5.25 Å². The average molecular weight is 194 g/mol. The van der Waals surface area contributed by atoms with Gasteiger partial charge >= 0.3 is 0 Å². The summed E-state index contributed by atoms with van der Waals surface area (Å²) >= 11 is 0. The predicted molar refractivity (Wildman–Crippen MR) is 50.3 cm³/mol. The molecule has 0 aromatic carbocycles. The number of nitrogens with one attached hydrogen (secondary N) is 1. The zero-order chi connectivity index (χ0) is 9.78. The van der Waals surface area contributed by atoms with Gasteiger partial charge in [-0.15, -0.1) is 0 Å². The molecular formula is C7H18N2O2S. The summed E-state index contributed by atoms with van der Waals surface area (Å²) in [6.07, 6.45) is 0.673. The van der Waals surface area contributed by atoms with Crippen molar-refractivity contribution >= 4 is 10.0 Å². The molecule has 0 aliphatic rings. The maximum absolute atomic E-state index is 11.3. The molecule has 4 nitrogen and oxygen atoms in total. The lowest BCUT2D eigenvalue weighted by molar-refractivity contribution is 0.542. The quantitative estimate of drug-likeness (QED) is 0.649. The molecule has 0 spiro atoms. The van der Waals surface area contributed by atoms with Crippen molar-refractivity contribution in [1.29, 1.82) is 0 Å². The first-order valence-electron chi connectivity index (χ1n) is 4.11. The summed E-state index contributed by atoms with van der Waals surface area (Å²) in [4.78, 5) is 0. The third kappa shape index (κ3) is 4.04. The first kappa shape index (κ1) is 11.9. The van der Waals surface area contributed by atoms with Gasteiger partial charge in [0.25, 0.3) is 0 Å². The van der Waals surface area contributed by atoms with Gasteiger partial charge in [-0.25, -0.2) is 13.1 Å². The van der Waals surface area contributed by atoms with Crippen LogP contribution in [0, 0.1) is 0 Å². The topological polar surface area (TPSA) is 72.2 Å². The zero-order valence-corrected chi connectivity index (χ0v) is 8.69. The SMILES string of the molecule is CC(CCN)NS(=O)(=O)C(C)C. The molecule has 0 fully saturated rings. The summed E-state index contributed by atoms with van der Waals surface area (Å²) in [7, 11) is -3.13. The molecule has 0 aromatic heterocycles. The van der Waals surface area contributed by atoms with Crippen LogP contribution in [0.3, 0.4) is 0 Å². The van der Waals surface area contributed by atoms with Gasteiger partial charge in [0.1, 0.15) is 0 Å². The monoisotopic (exact) mass is 194 g/mol. The smallest absolute Gasteiger partial charge is 0.214 e. The van der Waals surface area contributed by atoms with E-state index in [0.29, 0.717) is 13.0 Å². The van der Waals surface area contributed by atoms with E-state index < -0.39 is 10.0 Å². The number of nitrogens with two attached hydrogens (primary N) is 1. The minimum atomic E-state index is -3.13. The number of sulfonamides is 1. The number of hydrogen-bond acceptors (Lipinski definition) is 3. The third-order valence-electron chi connectivity index (χ3n) is 1.59. The summed E-state index contributed by atoms with van der Waals surface area (Å²) in [5.41, 5.74) is 5.29. The molecule has 0 saturated heterocycles. The van der Waals surface area contributed by atoms with Crippen molar-refractivity contribution in [1.82, 2.24) is 4.72 Å². The Kier molecular flexibility index (Phi) is 4.74. The minimum Gasteiger partial charge on any atom is -0.330 e. The summed E-state index contributed by atoms with van der Waals surface area (Å²) < 4.78 is 25.1. The van der Waals surface area contributed by atoms with Crippen LogP contribution in [-0.4, -0.2) is 26.3 Å². The number of rotatable bonds is 5. The Balaban J connectivity index is 4.07. The molecule has 0 saturated carbocycles. The number of hydrogen-bond donors (Lipinski definition) is 2. The molecule has 0 amide bonds. The summed E-state index contributed by atoms with van der Waals surface area (Å²) in [5.74, 6) is 0. The molecule has 0 aliphatic carbocycles. The fraction of sp³-hybridized carbons (Fsp3) is 1.00. The van der Waals surface area contributed by atoms with Crippen LogP contribution in [0.4, 0.5) is 0 Å². The van der Waals surface area contributed by atoms with Crippen LogP contribution in [0.1, 0.15) is 27.2 Å². The van der Waals surface area contributed by atoms with Gasteiger partial charge in [-0.05, 0) is 33.7 Å². The van der Waals surface area contributed by atoms with Gasteiger partial charge in [-0.2, -0.15) is 0 Å². The molecule has 12 heavy (non-hydrogen) atoms. The standard InChI is InChI=1S/C7H18N2O2S/c1-6(2)12(10,11)9-7(3)4-5-8/h6-7,9H,4-5,8H2,1-3H3. The lowest BCUT2D eigenvalue weighted by Gasteiger charge is -2.14. The van der Waals surface area contributed by atoms with Gasteiger partial charge in [-0.3, -0.25) is 0 Å². The molecule has 0 aromatic rings. The molecule has 3 N–H and O–H groups in total. The van der Waals surface area contributed by atoms with E-state index in [4.69, 9.17) is 5.73 Å². The Bertz CT molecular complexity index is 211. The average Bonchev–Trinajstić information content (AvgIpc) is 1.85. The fourth-order valence-corrected chi connectivity index (χ4v) is 1.68. The molecule has 1 unspecified atom stereocenters.